The highest BCUT2D eigenvalue weighted by molar-refractivity contribution is 5.90. The molecular weight excluding hydrogens is 236 g/mol. The maximum absolute atomic E-state index is 12.4. The molecule has 18 heavy (non-hydrogen) atoms. The van der Waals surface area contributed by atoms with E-state index in [0.717, 1.165) is 6.42 Å². The minimum Gasteiger partial charge on any atom is -0.390 e. The zero-order valence-electron chi connectivity index (χ0n) is 10.0. The first kappa shape index (κ1) is 10.8. The molecule has 6 heteroatoms. The SMILES string of the molecule is CC(C(N)=O)N1C(=O)C2C3CC4C(OC1C42)C3O. The van der Waals surface area contributed by atoms with Crippen LogP contribution in [0.4, 0.5) is 0 Å². The number of ether oxygens (including phenoxy) is 1. The number of likely N-dealkylation sites (tertiary alicyclic amines) is 1. The molecule has 8 atom stereocenters. The van der Waals surface area contributed by atoms with Crippen molar-refractivity contribution in [2.45, 2.75) is 37.8 Å². The van der Waals surface area contributed by atoms with Crippen LogP contribution < -0.4 is 5.73 Å². The number of hydrogen-bond donors (Lipinski definition) is 2. The van der Waals surface area contributed by atoms with Gasteiger partial charge in [-0.3, -0.25) is 9.59 Å². The Labute approximate surface area is 104 Å². The van der Waals surface area contributed by atoms with E-state index in [1.807, 2.05) is 0 Å². The van der Waals surface area contributed by atoms with Gasteiger partial charge in [0.2, 0.25) is 11.8 Å². The standard InChI is InChI=1S/C12H16N2O4/c1-3(10(13)16)14-11(17)6-4-2-5-7(6)12(14)18-9(5)8(4)15/h3-9,12,15H,2H2,1H3,(H2,13,16). The molecule has 0 aromatic carbocycles. The molecule has 6 nitrogen and oxygen atoms in total. The highest BCUT2D eigenvalue weighted by atomic mass is 16.5. The fourth-order valence-corrected chi connectivity index (χ4v) is 4.64. The van der Waals surface area contributed by atoms with Crippen molar-refractivity contribution in [2.75, 3.05) is 0 Å². The van der Waals surface area contributed by atoms with Crippen molar-refractivity contribution in [2.24, 2.45) is 29.4 Å². The van der Waals surface area contributed by atoms with Crippen LogP contribution in [0.1, 0.15) is 13.3 Å². The lowest BCUT2D eigenvalue weighted by atomic mass is 9.80. The van der Waals surface area contributed by atoms with Gasteiger partial charge in [0.1, 0.15) is 12.3 Å². The average molecular weight is 252 g/mol. The molecule has 0 aromatic rings. The van der Waals surface area contributed by atoms with Crippen molar-refractivity contribution in [3.63, 3.8) is 0 Å². The minimum absolute atomic E-state index is 0.00702. The third-order valence-electron chi connectivity index (χ3n) is 5.38. The number of aliphatic hydroxyl groups is 1. The minimum atomic E-state index is -0.636. The Balaban J connectivity index is 1.74. The van der Waals surface area contributed by atoms with E-state index in [9.17, 15) is 14.7 Å². The normalized spacial score (nSPS) is 53.3. The van der Waals surface area contributed by atoms with Gasteiger partial charge >= 0.3 is 0 Å². The Morgan fingerprint density at radius 3 is 2.94 bits per heavy atom. The summed E-state index contributed by atoms with van der Waals surface area (Å²) in [5.74, 6) is -0.319. The molecular formula is C12H16N2O4. The summed E-state index contributed by atoms with van der Waals surface area (Å²) in [5, 5.41) is 10.1. The summed E-state index contributed by atoms with van der Waals surface area (Å²) in [6.45, 7) is 1.64. The molecule has 2 heterocycles. The van der Waals surface area contributed by atoms with Crippen LogP contribution >= 0.6 is 0 Å². The number of primary amides is 1. The van der Waals surface area contributed by atoms with E-state index in [-0.39, 0.29) is 41.9 Å². The molecule has 4 aliphatic rings. The second kappa shape index (κ2) is 3.05. The van der Waals surface area contributed by atoms with Crippen molar-refractivity contribution < 1.29 is 19.4 Å². The monoisotopic (exact) mass is 252 g/mol. The molecule has 2 bridgehead atoms. The highest BCUT2D eigenvalue weighted by Gasteiger charge is 2.73. The molecule has 4 fully saturated rings. The van der Waals surface area contributed by atoms with Crippen molar-refractivity contribution in [3.8, 4) is 0 Å². The highest BCUT2D eigenvalue weighted by Crippen LogP contribution is 2.63. The lowest BCUT2D eigenvalue weighted by Gasteiger charge is -2.32. The number of rotatable bonds is 2. The Morgan fingerprint density at radius 1 is 1.56 bits per heavy atom. The first-order valence-corrected chi connectivity index (χ1v) is 6.47. The predicted octanol–water partition coefficient (Wildman–Crippen LogP) is -1.33. The van der Waals surface area contributed by atoms with E-state index in [4.69, 9.17) is 10.5 Å². The summed E-state index contributed by atoms with van der Waals surface area (Å²) in [6, 6.07) is -0.636. The van der Waals surface area contributed by atoms with Crippen LogP contribution in [0, 0.1) is 23.7 Å². The van der Waals surface area contributed by atoms with Crippen LogP contribution in [0.3, 0.4) is 0 Å². The number of aliphatic hydroxyl groups excluding tert-OH is 1. The van der Waals surface area contributed by atoms with E-state index in [1.165, 1.54) is 4.90 Å². The van der Waals surface area contributed by atoms with Gasteiger partial charge < -0.3 is 20.5 Å². The molecule has 2 saturated carbocycles. The van der Waals surface area contributed by atoms with Crippen LogP contribution in [-0.4, -0.2) is 46.3 Å². The number of amides is 2. The second-order valence-electron chi connectivity index (χ2n) is 5.97. The number of carbonyl (C=O) groups excluding carboxylic acids is 2. The molecule has 3 N–H and O–H groups in total. The van der Waals surface area contributed by atoms with Gasteiger partial charge in [0, 0.05) is 5.92 Å². The molecule has 2 aliphatic heterocycles. The van der Waals surface area contributed by atoms with Crippen LogP contribution in [0.25, 0.3) is 0 Å². The summed E-state index contributed by atoms with van der Waals surface area (Å²) in [4.78, 5) is 25.2. The average Bonchev–Trinajstić information content (AvgIpc) is 2.95. The van der Waals surface area contributed by atoms with Gasteiger partial charge in [0.25, 0.3) is 0 Å². The number of hydrogen-bond acceptors (Lipinski definition) is 4. The quantitative estimate of drug-likeness (QED) is 0.637. The van der Waals surface area contributed by atoms with Gasteiger partial charge in [-0.05, 0) is 25.2 Å². The number of carbonyl (C=O) groups is 2. The Morgan fingerprint density at radius 2 is 2.28 bits per heavy atom. The number of fused-ring (bicyclic) bond motifs is 2. The lowest BCUT2D eigenvalue weighted by molar-refractivity contribution is -0.158. The molecule has 0 radical (unpaired) electrons. The molecule has 98 valence electrons. The van der Waals surface area contributed by atoms with Crippen LogP contribution in [0.2, 0.25) is 0 Å². The van der Waals surface area contributed by atoms with Gasteiger partial charge in [0.15, 0.2) is 0 Å². The maximum atomic E-state index is 12.4. The van der Waals surface area contributed by atoms with E-state index in [1.54, 1.807) is 6.92 Å². The summed E-state index contributed by atoms with van der Waals surface area (Å²) < 4.78 is 5.84. The lowest BCUT2D eigenvalue weighted by Crippen LogP contribution is -2.51. The van der Waals surface area contributed by atoms with Crippen LogP contribution in [0.15, 0.2) is 0 Å². The van der Waals surface area contributed by atoms with Crippen LogP contribution in [0.5, 0.6) is 0 Å². The summed E-state index contributed by atoms with van der Waals surface area (Å²) in [7, 11) is 0. The fourth-order valence-electron chi connectivity index (χ4n) is 4.64. The first-order chi connectivity index (χ1) is 8.52. The van der Waals surface area contributed by atoms with Gasteiger partial charge in [-0.1, -0.05) is 0 Å². The topological polar surface area (TPSA) is 92.9 Å². The second-order valence-corrected chi connectivity index (χ2v) is 5.97. The Kier molecular flexibility index (Phi) is 1.82. The van der Waals surface area contributed by atoms with E-state index < -0.39 is 18.1 Å². The van der Waals surface area contributed by atoms with Crippen molar-refractivity contribution >= 4 is 11.8 Å². The van der Waals surface area contributed by atoms with Gasteiger partial charge in [-0.25, -0.2) is 0 Å². The third kappa shape index (κ3) is 0.948. The molecule has 2 amide bonds. The van der Waals surface area contributed by atoms with Crippen LogP contribution in [-0.2, 0) is 14.3 Å². The molecule has 2 saturated heterocycles. The number of nitrogens with zero attached hydrogens (tertiary/aromatic N) is 1. The number of nitrogens with two attached hydrogens (primary N) is 1. The third-order valence-corrected chi connectivity index (χ3v) is 5.38. The van der Waals surface area contributed by atoms with Crippen molar-refractivity contribution in [1.82, 2.24) is 4.90 Å². The van der Waals surface area contributed by atoms with Gasteiger partial charge in [-0.15, -0.1) is 0 Å². The first-order valence-electron chi connectivity index (χ1n) is 6.47. The Bertz CT molecular complexity index is 453. The van der Waals surface area contributed by atoms with E-state index in [2.05, 4.69) is 0 Å². The zero-order chi connectivity index (χ0) is 12.8. The zero-order valence-corrected chi connectivity index (χ0v) is 10.0. The molecule has 0 spiro atoms. The summed E-state index contributed by atoms with van der Waals surface area (Å²) in [5.41, 5.74) is 5.29. The predicted molar refractivity (Wildman–Crippen MR) is 58.7 cm³/mol. The molecule has 2 aliphatic carbocycles. The Hall–Kier alpha value is -1.14. The fraction of sp³-hybridized carbons (Fsp3) is 0.833. The maximum Gasteiger partial charge on any atom is 0.240 e. The molecule has 4 rings (SSSR count). The van der Waals surface area contributed by atoms with Gasteiger partial charge in [-0.2, -0.15) is 0 Å². The largest absolute Gasteiger partial charge is 0.390 e. The summed E-state index contributed by atoms with van der Waals surface area (Å²) >= 11 is 0. The van der Waals surface area contributed by atoms with E-state index in [0.29, 0.717) is 0 Å². The van der Waals surface area contributed by atoms with Crippen molar-refractivity contribution in [1.29, 1.82) is 0 Å². The van der Waals surface area contributed by atoms with E-state index >= 15 is 0 Å². The smallest absolute Gasteiger partial charge is 0.240 e. The summed E-state index contributed by atoms with van der Waals surface area (Å²) in [6.07, 6.45) is -0.155. The van der Waals surface area contributed by atoms with Crippen molar-refractivity contribution in [3.05, 3.63) is 0 Å². The van der Waals surface area contributed by atoms with Gasteiger partial charge in [0.05, 0.1) is 18.1 Å². The molecule has 0 aromatic heterocycles. The molecule has 8 unspecified atom stereocenters.